The van der Waals surface area contributed by atoms with E-state index in [-0.39, 0.29) is 6.04 Å². The Morgan fingerprint density at radius 2 is 2.07 bits per heavy atom. The average molecular weight is 191 g/mol. The summed E-state index contributed by atoms with van der Waals surface area (Å²) in [5.74, 6) is 0.449. The quantitative estimate of drug-likeness (QED) is 0.537. The molecule has 0 radical (unpaired) electrons. The first-order valence-corrected chi connectivity index (χ1v) is 4.58. The molecule has 0 amide bonds. The number of nitrogens with zero attached hydrogens (tertiary/aromatic N) is 1. The summed E-state index contributed by atoms with van der Waals surface area (Å²) in [6, 6.07) is 9.97. The molecular formula is C10H13N3O. The van der Waals surface area contributed by atoms with Crippen molar-refractivity contribution in [2.45, 2.75) is 6.04 Å². The molecule has 14 heavy (non-hydrogen) atoms. The minimum atomic E-state index is 0.228. The molecule has 0 saturated carbocycles. The van der Waals surface area contributed by atoms with Crippen LogP contribution in [0, 0.1) is 0 Å². The number of anilines is 1. The number of rotatable bonds is 2. The monoisotopic (exact) mass is 191 g/mol. The highest BCUT2D eigenvalue weighted by molar-refractivity contribution is 5.92. The highest BCUT2D eigenvalue weighted by atomic mass is 16.5. The van der Waals surface area contributed by atoms with Crippen molar-refractivity contribution in [3.05, 3.63) is 30.3 Å². The Morgan fingerprint density at radius 3 is 2.64 bits per heavy atom. The topological polar surface area (TPSA) is 59.6 Å². The van der Waals surface area contributed by atoms with E-state index in [0.717, 1.165) is 5.69 Å². The van der Waals surface area contributed by atoms with Gasteiger partial charge in [-0.15, -0.1) is 0 Å². The summed E-state index contributed by atoms with van der Waals surface area (Å²) in [6.07, 6.45) is 0. The second-order valence-corrected chi connectivity index (χ2v) is 3.20. The summed E-state index contributed by atoms with van der Waals surface area (Å²) in [4.78, 5) is 4.24. The largest absolute Gasteiger partial charge is 0.377 e. The van der Waals surface area contributed by atoms with Gasteiger partial charge in [-0.2, -0.15) is 0 Å². The third-order valence-electron chi connectivity index (χ3n) is 1.99. The van der Waals surface area contributed by atoms with E-state index in [1.807, 2.05) is 30.3 Å². The molecule has 0 aromatic heterocycles. The zero-order chi connectivity index (χ0) is 9.80. The number of hydrogen-bond acceptors (Lipinski definition) is 2. The van der Waals surface area contributed by atoms with Crippen molar-refractivity contribution >= 4 is 11.6 Å². The predicted octanol–water partition coefficient (Wildman–Crippen LogP) is 0.812. The average Bonchev–Trinajstić information content (AvgIpc) is 2.13. The van der Waals surface area contributed by atoms with Crippen molar-refractivity contribution in [2.24, 2.45) is 10.7 Å². The van der Waals surface area contributed by atoms with Crippen molar-refractivity contribution < 1.29 is 4.74 Å². The minimum Gasteiger partial charge on any atom is -0.377 e. The van der Waals surface area contributed by atoms with Crippen molar-refractivity contribution in [3.63, 3.8) is 0 Å². The van der Waals surface area contributed by atoms with E-state index >= 15 is 0 Å². The Hall–Kier alpha value is -1.55. The van der Waals surface area contributed by atoms with Gasteiger partial charge in [0, 0.05) is 5.69 Å². The molecule has 1 heterocycles. The van der Waals surface area contributed by atoms with Crippen LogP contribution in [0.25, 0.3) is 0 Å². The van der Waals surface area contributed by atoms with Gasteiger partial charge in [-0.3, -0.25) is 0 Å². The van der Waals surface area contributed by atoms with E-state index < -0.39 is 0 Å². The maximum atomic E-state index is 5.70. The van der Waals surface area contributed by atoms with Gasteiger partial charge in [-0.25, -0.2) is 4.99 Å². The van der Waals surface area contributed by atoms with Crippen LogP contribution in [0.3, 0.4) is 0 Å². The van der Waals surface area contributed by atoms with Crippen molar-refractivity contribution in [1.29, 1.82) is 0 Å². The number of benzene rings is 1. The molecule has 0 unspecified atom stereocenters. The van der Waals surface area contributed by atoms with Crippen LogP contribution in [0.15, 0.2) is 35.3 Å². The Bertz CT molecular complexity index is 319. The van der Waals surface area contributed by atoms with Gasteiger partial charge in [-0.1, -0.05) is 18.2 Å². The smallest absolute Gasteiger partial charge is 0.193 e. The molecule has 4 heteroatoms. The lowest BCUT2D eigenvalue weighted by Gasteiger charge is -2.22. The number of aliphatic imine (C=N–C) groups is 1. The third-order valence-corrected chi connectivity index (χ3v) is 1.99. The number of nitrogens with two attached hydrogens (primary N) is 1. The van der Waals surface area contributed by atoms with Crippen molar-refractivity contribution in [1.82, 2.24) is 0 Å². The van der Waals surface area contributed by atoms with Crippen molar-refractivity contribution in [3.8, 4) is 0 Å². The molecule has 4 nitrogen and oxygen atoms in total. The fraction of sp³-hybridized carbons (Fsp3) is 0.300. The maximum absolute atomic E-state index is 5.70. The summed E-state index contributed by atoms with van der Waals surface area (Å²) >= 11 is 0. The number of para-hydroxylation sites is 1. The van der Waals surface area contributed by atoms with Crippen LogP contribution >= 0.6 is 0 Å². The van der Waals surface area contributed by atoms with E-state index in [0.29, 0.717) is 19.2 Å². The summed E-state index contributed by atoms with van der Waals surface area (Å²) in [7, 11) is 0. The molecule has 1 saturated heterocycles. The molecule has 1 aliphatic heterocycles. The lowest BCUT2D eigenvalue weighted by Crippen LogP contribution is -2.35. The maximum Gasteiger partial charge on any atom is 0.193 e. The summed E-state index contributed by atoms with van der Waals surface area (Å²) in [6.45, 7) is 1.36. The SMILES string of the molecule is NC(=NC1COC1)Nc1ccccc1. The first kappa shape index (κ1) is 9.02. The van der Waals surface area contributed by atoms with Crippen LogP contribution in [-0.4, -0.2) is 25.2 Å². The second kappa shape index (κ2) is 4.11. The van der Waals surface area contributed by atoms with Crippen LogP contribution in [0.2, 0.25) is 0 Å². The molecule has 1 aliphatic rings. The Kier molecular flexibility index (Phi) is 2.65. The molecular weight excluding hydrogens is 178 g/mol. The Balaban J connectivity index is 1.93. The number of hydrogen-bond donors (Lipinski definition) is 2. The highest BCUT2D eigenvalue weighted by Crippen LogP contribution is 2.07. The van der Waals surface area contributed by atoms with Gasteiger partial charge in [0.1, 0.15) is 6.04 Å². The van der Waals surface area contributed by atoms with Gasteiger partial charge in [0.15, 0.2) is 5.96 Å². The van der Waals surface area contributed by atoms with E-state index in [9.17, 15) is 0 Å². The van der Waals surface area contributed by atoms with Crippen molar-refractivity contribution in [2.75, 3.05) is 18.5 Å². The molecule has 74 valence electrons. The van der Waals surface area contributed by atoms with Crippen LogP contribution in [0.5, 0.6) is 0 Å². The summed E-state index contributed by atoms with van der Waals surface area (Å²) in [5.41, 5.74) is 6.65. The lowest BCUT2D eigenvalue weighted by molar-refractivity contribution is 0.0132. The number of nitrogens with one attached hydrogen (secondary N) is 1. The molecule has 1 aromatic rings. The van der Waals surface area contributed by atoms with Crippen LogP contribution in [-0.2, 0) is 4.74 Å². The zero-order valence-electron chi connectivity index (χ0n) is 7.81. The third kappa shape index (κ3) is 2.23. The normalized spacial score (nSPS) is 17.6. The molecule has 1 fully saturated rings. The summed E-state index contributed by atoms with van der Waals surface area (Å²) < 4.78 is 5.00. The molecule has 0 spiro atoms. The van der Waals surface area contributed by atoms with E-state index in [1.165, 1.54) is 0 Å². The molecule has 2 rings (SSSR count). The zero-order valence-corrected chi connectivity index (χ0v) is 7.81. The minimum absolute atomic E-state index is 0.228. The molecule has 0 atom stereocenters. The van der Waals surface area contributed by atoms with Gasteiger partial charge in [0.05, 0.1) is 13.2 Å². The van der Waals surface area contributed by atoms with Crippen LogP contribution in [0.1, 0.15) is 0 Å². The van der Waals surface area contributed by atoms with E-state index in [1.54, 1.807) is 0 Å². The lowest BCUT2D eigenvalue weighted by atomic mass is 10.3. The predicted molar refractivity (Wildman–Crippen MR) is 56.3 cm³/mol. The molecule has 3 N–H and O–H groups in total. The Morgan fingerprint density at radius 1 is 1.36 bits per heavy atom. The second-order valence-electron chi connectivity index (χ2n) is 3.20. The first-order valence-electron chi connectivity index (χ1n) is 4.58. The van der Waals surface area contributed by atoms with Crippen LogP contribution < -0.4 is 11.1 Å². The summed E-state index contributed by atoms with van der Waals surface area (Å²) in [5, 5.41) is 3.01. The van der Waals surface area contributed by atoms with Gasteiger partial charge in [-0.05, 0) is 12.1 Å². The molecule has 0 bridgehead atoms. The van der Waals surface area contributed by atoms with Gasteiger partial charge >= 0.3 is 0 Å². The number of ether oxygens (including phenoxy) is 1. The van der Waals surface area contributed by atoms with E-state index in [4.69, 9.17) is 10.5 Å². The van der Waals surface area contributed by atoms with Gasteiger partial charge < -0.3 is 15.8 Å². The molecule has 0 aliphatic carbocycles. The van der Waals surface area contributed by atoms with E-state index in [2.05, 4.69) is 10.3 Å². The van der Waals surface area contributed by atoms with Gasteiger partial charge in [0.2, 0.25) is 0 Å². The van der Waals surface area contributed by atoms with Crippen LogP contribution in [0.4, 0.5) is 5.69 Å². The standard InChI is InChI=1S/C10H13N3O/c11-10(13-9-6-14-7-9)12-8-4-2-1-3-5-8/h1-5,9H,6-7H2,(H3,11,12,13). The fourth-order valence-corrected chi connectivity index (χ4v) is 1.20. The first-order chi connectivity index (χ1) is 6.84. The highest BCUT2D eigenvalue weighted by Gasteiger charge is 2.17. The fourth-order valence-electron chi connectivity index (χ4n) is 1.20. The molecule has 1 aromatic carbocycles. The Labute approximate surface area is 82.8 Å². The van der Waals surface area contributed by atoms with Gasteiger partial charge in [0.25, 0.3) is 0 Å². The number of guanidine groups is 1.